The molecule has 0 saturated heterocycles. The summed E-state index contributed by atoms with van der Waals surface area (Å²) >= 11 is 1.84. The summed E-state index contributed by atoms with van der Waals surface area (Å²) in [6.07, 6.45) is 0. The Labute approximate surface area is 239 Å². The molecule has 0 aliphatic rings. The topological polar surface area (TPSA) is 38.7 Å². The van der Waals surface area contributed by atoms with Gasteiger partial charge in [-0.25, -0.2) is 15.0 Å². The van der Waals surface area contributed by atoms with Crippen LogP contribution < -0.4 is 0 Å². The summed E-state index contributed by atoms with van der Waals surface area (Å²) < 4.78 is 2.57. The van der Waals surface area contributed by atoms with E-state index in [0.717, 1.165) is 38.8 Å². The highest BCUT2D eigenvalue weighted by Crippen LogP contribution is 2.42. The lowest BCUT2D eigenvalue weighted by atomic mass is 10.0. The first-order valence-corrected chi connectivity index (χ1v) is 14.5. The molecule has 3 heterocycles. The van der Waals surface area contributed by atoms with Gasteiger partial charge < -0.3 is 0 Å². The van der Waals surface area contributed by atoms with Crippen molar-refractivity contribution >= 4 is 74.9 Å². The highest BCUT2D eigenvalue weighted by atomic mass is 32.1. The van der Waals surface area contributed by atoms with Crippen LogP contribution in [0.3, 0.4) is 0 Å². The van der Waals surface area contributed by atoms with E-state index in [-0.39, 0.29) is 0 Å². The first-order valence-electron chi connectivity index (χ1n) is 13.7. The number of fused-ring (bicyclic) bond motifs is 9. The molecule has 0 bridgehead atoms. The van der Waals surface area contributed by atoms with Gasteiger partial charge in [-0.05, 0) is 40.4 Å². The fourth-order valence-electron chi connectivity index (χ4n) is 6.13. The Morgan fingerprint density at radius 2 is 1.17 bits per heavy atom. The Balaban J connectivity index is 1.36. The monoisotopic (exact) mass is 539 g/mol. The van der Waals surface area contributed by atoms with Crippen molar-refractivity contribution in [2.45, 2.75) is 0 Å². The predicted molar refractivity (Wildman–Crippen MR) is 174 cm³/mol. The number of nitrogens with zero attached hydrogens (tertiary/aromatic N) is 3. The number of thiophene rings is 1. The molecule has 3 nitrogen and oxygen atoms in total. The Morgan fingerprint density at radius 1 is 0.439 bits per heavy atom. The van der Waals surface area contributed by atoms with Crippen LogP contribution >= 0.6 is 11.3 Å². The second kappa shape index (κ2) is 8.65. The number of hydrogen-bond acceptors (Lipinski definition) is 4. The van der Waals surface area contributed by atoms with Crippen molar-refractivity contribution in [3.05, 3.63) is 127 Å². The van der Waals surface area contributed by atoms with Crippen LogP contribution in [0.1, 0.15) is 0 Å². The van der Waals surface area contributed by atoms with Crippen molar-refractivity contribution in [1.29, 1.82) is 0 Å². The standard InChI is InChI=1S/C37H21N3S/c1-2-10-23-21-24(18-17-22(23)9-1)34-29-14-5-7-15-30(29)39-37(40-34)35-27-13-4-3-12-26(27)33-31(38-35)20-19-28-25-11-6-8-16-32(25)41-36(28)33/h1-21H. The third-order valence-corrected chi connectivity index (χ3v) is 9.25. The Kier molecular flexibility index (Phi) is 4.77. The maximum absolute atomic E-state index is 5.27. The van der Waals surface area contributed by atoms with Crippen molar-refractivity contribution < 1.29 is 0 Å². The van der Waals surface area contributed by atoms with Crippen molar-refractivity contribution in [2.24, 2.45) is 0 Å². The third-order valence-electron chi connectivity index (χ3n) is 8.05. The maximum Gasteiger partial charge on any atom is 0.179 e. The highest BCUT2D eigenvalue weighted by Gasteiger charge is 2.18. The summed E-state index contributed by atoms with van der Waals surface area (Å²) in [5.74, 6) is 0.640. The van der Waals surface area contributed by atoms with Crippen LogP contribution in [-0.4, -0.2) is 15.0 Å². The molecule has 0 unspecified atom stereocenters. The zero-order chi connectivity index (χ0) is 26.9. The largest absolute Gasteiger partial charge is 0.244 e. The fourth-order valence-corrected chi connectivity index (χ4v) is 7.39. The van der Waals surface area contributed by atoms with Crippen LogP contribution in [0.2, 0.25) is 0 Å². The van der Waals surface area contributed by atoms with Crippen molar-refractivity contribution in [3.63, 3.8) is 0 Å². The molecular formula is C37H21N3S. The van der Waals surface area contributed by atoms with Gasteiger partial charge in [-0.3, -0.25) is 0 Å². The van der Waals surface area contributed by atoms with Gasteiger partial charge in [-0.1, -0.05) is 103 Å². The molecule has 0 atom stereocenters. The van der Waals surface area contributed by atoms with Gasteiger partial charge >= 0.3 is 0 Å². The molecule has 0 aliphatic carbocycles. The summed E-state index contributed by atoms with van der Waals surface area (Å²) in [6.45, 7) is 0. The molecule has 9 rings (SSSR count). The summed E-state index contributed by atoms with van der Waals surface area (Å²) in [5.41, 5.74) is 4.66. The Morgan fingerprint density at radius 3 is 2.07 bits per heavy atom. The summed E-state index contributed by atoms with van der Waals surface area (Å²) in [5, 5.41) is 9.43. The lowest BCUT2D eigenvalue weighted by molar-refractivity contribution is 1.20. The minimum Gasteiger partial charge on any atom is -0.244 e. The van der Waals surface area contributed by atoms with Gasteiger partial charge in [0.2, 0.25) is 0 Å². The average Bonchev–Trinajstić information content (AvgIpc) is 3.42. The molecule has 41 heavy (non-hydrogen) atoms. The van der Waals surface area contributed by atoms with Gasteiger partial charge in [-0.2, -0.15) is 0 Å². The van der Waals surface area contributed by atoms with E-state index in [9.17, 15) is 0 Å². The van der Waals surface area contributed by atoms with Crippen molar-refractivity contribution in [1.82, 2.24) is 15.0 Å². The molecule has 0 radical (unpaired) electrons. The minimum absolute atomic E-state index is 0.640. The summed E-state index contributed by atoms with van der Waals surface area (Å²) in [7, 11) is 0. The molecule has 4 heteroatoms. The van der Waals surface area contributed by atoms with Gasteiger partial charge in [0.1, 0.15) is 5.69 Å². The van der Waals surface area contributed by atoms with E-state index in [1.165, 1.54) is 41.7 Å². The zero-order valence-electron chi connectivity index (χ0n) is 21.9. The second-order valence-electron chi connectivity index (χ2n) is 10.4. The van der Waals surface area contributed by atoms with Crippen LogP contribution in [0.15, 0.2) is 127 Å². The van der Waals surface area contributed by atoms with Crippen LogP contribution in [0.4, 0.5) is 0 Å². The summed E-state index contributed by atoms with van der Waals surface area (Å²) in [4.78, 5) is 15.6. The van der Waals surface area contributed by atoms with Gasteiger partial charge in [0.25, 0.3) is 0 Å². The molecule has 190 valence electrons. The van der Waals surface area contributed by atoms with Crippen molar-refractivity contribution in [2.75, 3.05) is 0 Å². The SMILES string of the molecule is c1ccc2cc(-c3nc(-c4nc5ccc6c7ccccc7sc6c5c5ccccc45)nc4ccccc34)ccc2c1. The number of hydrogen-bond donors (Lipinski definition) is 0. The summed E-state index contributed by atoms with van der Waals surface area (Å²) in [6, 6.07) is 44.8. The molecular weight excluding hydrogens is 518 g/mol. The molecule has 3 aromatic heterocycles. The first kappa shape index (κ1) is 22.6. The van der Waals surface area contributed by atoms with E-state index in [1.807, 2.05) is 17.4 Å². The van der Waals surface area contributed by atoms with Gasteiger partial charge in [0.15, 0.2) is 5.82 Å². The quantitative estimate of drug-likeness (QED) is 0.205. The number of benzene rings is 6. The smallest absolute Gasteiger partial charge is 0.179 e. The molecule has 0 fully saturated rings. The molecule has 0 amide bonds. The average molecular weight is 540 g/mol. The van der Waals surface area contributed by atoms with Crippen LogP contribution in [0, 0.1) is 0 Å². The van der Waals surface area contributed by atoms with Crippen molar-refractivity contribution in [3.8, 4) is 22.8 Å². The third kappa shape index (κ3) is 3.41. The maximum atomic E-state index is 5.27. The number of pyridine rings is 1. The molecule has 9 aromatic rings. The second-order valence-corrected chi connectivity index (χ2v) is 11.5. The van der Waals surface area contributed by atoms with Gasteiger partial charge in [0.05, 0.1) is 16.7 Å². The van der Waals surface area contributed by atoms with Crippen LogP contribution in [0.5, 0.6) is 0 Å². The lowest BCUT2D eigenvalue weighted by Crippen LogP contribution is -1.98. The van der Waals surface area contributed by atoms with E-state index in [2.05, 4.69) is 121 Å². The number of rotatable bonds is 2. The molecule has 0 spiro atoms. The van der Waals surface area contributed by atoms with E-state index in [4.69, 9.17) is 15.0 Å². The number of aromatic nitrogens is 3. The Bertz CT molecular complexity index is 2490. The zero-order valence-corrected chi connectivity index (χ0v) is 22.7. The molecule has 0 aliphatic heterocycles. The van der Waals surface area contributed by atoms with E-state index in [1.54, 1.807) is 0 Å². The number of para-hydroxylation sites is 1. The predicted octanol–water partition coefficient (Wildman–Crippen LogP) is 10.2. The Hall–Kier alpha value is -5.19. The first-order chi connectivity index (χ1) is 20.3. The van der Waals surface area contributed by atoms with E-state index >= 15 is 0 Å². The normalized spacial score (nSPS) is 11.9. The van der Waals surface area contributed by atoms with E-state index in [0.29, 0.717) is 5.82 Å². The molecule has 6 aromatic carbocycles. The fraction of sp³-hybridized carbons (Fsp3) is 0. The molecule has 0 saturated carbocycles. The minimum atomic E-state index is 0.640. The van der Waals surface area contributed by atoms with Gasteiger partial charge in [0, 0.05) is 41.9 Å². The van der Waals surface area contributed by atoms with Crippen LogP contribution in [-0.2, 0) is 0 Å². The molecule has 0 N–H and O–H groups in total. The van der Waals surface area contributed by atoms with Crippen LogP contribution in [0.25, 0.3) is 86.3 Å². The van der Waals surface area contributed by atoms with Gasteiger partial charge in [-0.15, -0.1) is 11.3 Å². The van der Waals surface area contributed by atoms with E-state index < -0.39 is 0 Å². The highest BCUT2D eigenvalue weighted by molar-refractivity contribution is 7.26. The lowest BCUT2D eigenvalue weighted by Gasteiger charge is -2.13.